The van der Waals surface area contributed by atoms with Crippen molar-refractivity contribution in [2.24, 2.45) is 5.41 Å². The number of carboxylic acids is 1. The van der Waals surface area contributed by atoms with Crippen LogP contribution in [-0.2, 0) is 9.59 Å². The van der Waals surface area contributed by atoms with Crippen molar-refractivity contribution >= 4 is 11.9 Å². The van der Waals surface area contributed by atoms with Crippen molar-refractivity contribution in [1.82, 2.24) is 5.32 Å². The molecule has 0 radical (unpaired) electrons. The Morgan fingerprint density at radius 3 is 2.25 bits per heavy atom. The molecular weight excluding hydrogens is 208 g/mol. The van der Waals surface area contributed by atoms with Crippen LogP contribution in [0.3, 0.4) is 0 Å². The number of nitrogens with zero attached hydrogens (tertiary/aromatic N) is 1. The molecule has 0 heterocycles. The van der Waals surface area contributed by atoms with Gasteiger partial charge in [0.05, 0.1) is 5.41 Å². The third-order valence-electron chi connectivity index (χ3n) is 3.21. The van der Waals surface area contributed by atoms with E-state index in [0.29, 0.717) is 12.8 Å². The van der Waals surface area contributed by atoms with E-state index in [0.717, 1.165) is 25.7 Å². The molecular formula is C11H16N2O3. The molecule has 5 nitrogen and oxygen atoms in total. The summed E-state index contributed by atoms with van der Waals surface area (Å²) in [5.41, 5.74) is -0.961. The number of aliphatic carboxylic acids is 1. The number of nitrogens with one attached hydrogen (secondary N) is 1. The molecule has 0 unspecified atom stereocenters. The predicted octanol–water partition coefficient (Wildman–Crippen LogP) is 1.40. The number of carbonyl (C=O) groups is 2. The van der Waals surface area contributed by atoms with Gasteiger partial charge in [0.2, 0.25) is 5.91 Å². The molecule has 1 rings (SSSR count). The zero-order valence-electron chi connectivity index (χ0n) is 9.16. The Morgan fingerprint density at radius 2 is 1.81 bits per heavy atom. The van der Waals surface area contributed by atoms with Gasteiger partial charge in [-0.2, -0.15) is 5.26 Å². The minimum absolute atomic E-state index is 0.0874. The van der Waals surface area contributed by atoms with E-state index in [1.54, 1.807) is 0 Å². The average Bonchev–Trinajstić information content (AvgIpc) is 2.44. The molecule has 1 amide bonds. The molecule has 0 aromatic heterocycles. The van der Waals surface area contributed by atoms with Crippen LogP contribution < -0.4 is 5.32 Å². The predicted molar refractivity (Wildman–Crippen MR) is 56.1 cm³/mol. The number of hydrogen-bond acceptors (Lipinski definition) is 3. The first-order valence-corrected chi connectivity index (χ1v) is 5.52. The number of hydrogen-bond donors (Lipinski definition) is 2. The van der Waals surface area contributed by atoms with Crippen molar-refractivity contribution in [3.63, 3.8) is 0 Å². The number of nitriles is 1. The van der Waals surface area contributed by atoms with Gasteiger partial charge in [-0.1, -0.05) is 25.7 Å². The SMILES string of the molecule is N#CNC(=O)CC1(C(=O)O)CCCCCC1. The number of carboxylic acid groups (broad SMARTS) is 1. The van der Waals surface area contributed by atoms with Crippen molar-refractivity contribution in [3.8, 4) is 6.19 Å². The van der Waals surface area contributed by atoms with Gasteiger partial charge in [0.25, 0.3) is 0 Å². The fourth-order valence-electron chi connectivity index (χ4n) is 2.29. The highest BCUT2D eigenvalue weighted by Crippen LogP contribution is 2.38. The first kappa shape index (κ1) is 12.5. The van der Waals surface area contributed by atoms with Gasteiger partial charge in [-0.15, -0.1) is 0 Å². The lowest BCUT2D eigenvalue weighted by molar-refractivity contribution is -0.152. The first-order valence-electron chi connectivity index (χ1n) is 5.52. The molecule has 0 aromatic rings. The van der Waals surface area contributed by atoms with Gasteiger partial charge in [-0.25, -0.2) is 0 Å². The summed E-state index contributed by atoms with van der Waals surface area (Å²) in [6.07, 6.45) is 6.23. The van der Waals surface area contributed by atoms with Gasteiger partial charge in [-0.3, -0.25) is 14.9 Å². The highest BCUT2D eigenvalue weighted by atomic mass is 16.4. The van der Waals surface area contributed by atoms with Gasteiger partial charge in [0.15, 0.2) is 6.19 Å². The average molecular weight is 224 g/mol. The minimum Gasteiger partial charge on any atom is -0.481 e. The van der Waals surface area contributed by atoms with E-state index < -0.39 is 17.3 Å². The Bertz CT molecular complexity index is 312. The molecule has 0 saturated heterocycles. The van der Waals surface area contributed by atoms with E-state index in [9.17, 15) is 14.7 Å². The fourth-order valence-corrected chi connectivity index (χ4v) is 2.29. The zero-order chi connectivity index (χ0) is 12.0. The van der Waals surface area contributed by atoms with Crippen LogP contribution in [0.1, 0.15) is 44.9 Å². The molecule has 2 N–H and O–H groups in total. The van der Waals surface area contributed by atoms with Crippen molar-refractivity contribution in [1.29, 1.82) is 5.26 Å². The molecule has 0 aromatic carbocycles. The Kier molecular flexibility index (Phi) is 4.29. The van der Waals surface area contributed by atoms with Crippen LogP contribution >= 0.6 is 0 Å². The first-order chi connectivity index (χ1) is 7.60. The van der Waals surface area contributed by atoms with E-state index >= 15 is 0 Å². The monoisotopic (exact) mass is 224 g/mol. The summed E-state index contributed by atoms with van der Waals surface area (Å²) in [6.45, 7) is 0. The highest BCUT2D eigenvalue weighted by Gasteiger charge is 2.40. The molecule has 0 aliphatic heterocycles. The van der Waals surface area contributed by atoms with Crippen LogP contribution in [0.5, 0.6) is 0 Å². The molecule has 0 bridgehead atoms. The fraction of sp³-hybridized carbons (Fsp3) is 0.727. The van der Waals surface area contributed by atoms with E-state index in [1.165, 1.54) is 6.19 Å². The Morgan fingerprint density at radius 1 is 1.25 bits per heavy atom. The van der Waals surface area contributed by atoms with Gasteiger partial charge < -0.3 is 5.11 Å². The number of amides is 1. The third kappa shape index (κ3) is 2.96. The minimum atomic E-state index is -0.961. The van der Waals surface area contributed by atoms with Gasteiger partial charge in [-0.05, 0) is 12.8 Å². The van der Waals surface area contributed by atoms with Crippen molar-refractivity contribution in [2.45, 2.75) is 44.9 Å². The molecule has 88 valence electrons. The summed E-state index contributed by atoms with van der Waals surface area (Å²) in [4.78, 5) is 22.6. The normalized spacial score (nSPS) is 19.2. The Labute approximate surface area is 94.4 Å². The summed E-state index contributed by atoms with van der Waals surface area (Å²) in [5.74, 6) is -1.41. The summed E-state index contributed by atoms with van der Waals surface area (Å²) in [6, 6.07) is 0. The molecule has 1 aliphatic carbocycles. The molecule has 16 heavy (non-hydrogen) atoms. The summed E-state index contributed by atoms with van der Waals surface area (Å²) in [5, 5.41) is 19.6. The van der Waals surface area contributed by atoms with Crippen LogP contribution in [0.15, 0.2) is 0 Å². The highest BCUT2D eigenvalue weighted by molar-refractivity contribution is 5.85. The topological polar surface area (TPSA) is 90.2 Å². The van der Waals surface area contributed by atoms with Gasteiger partial charge in [0, 0.05) is 6.42 Å². The van der Waals surface area contributed by atoms with Crippen LogP contribution in [0.25, 0.3) is 0 Å². The van der Waals surface area contributed by atoms with Crippen LogP contribution in [-0.4, -0.2) is 17.0 Å². The largest absolute Gasteiger partial charge is 0.481 e. The maximum Gasteiger partial charge on any atom is 0.310 e. The molecule has 0 spiro atoms. The van der Waals surface area contributed by atoms with Crippen LogP contribution in [0.4, 0.5) is 0 Å². The Balaban J connectivity index is 2.75. The maximum atomic E-state index is 11.3. The quantitative estimate of drug-likeness (QED) is 0.430. The smallest absolute Gasteiger partial charge is 0.310 e. The molecule has 1 fully saturated rings. The van der Waals surface area contributed by atoms with Crippen LogP contribution in [0.2, 0.25) is 0 Å². The second kappa shape index (κ2) is 5.50. The summed E-state index contributed by atoms with van der Waals surface area (Å²) in [7, 11) is 0. The van der Waals surface area contributed by atoms with Gasteiger partial charge >= 0.3 is 5.97 Å². The van der Waals surface area contributed by atoms with Crippen LogP contribution in [0, 0.1) is 16.9 Å². The lowest BCUT2D eigenvalue weighted by Crippen LogP contribution is -2.36. The van der Waals surface area contributed by atoms with Crippen molar-refractivity contribution < 1.29 is 14.7 Å². The van der Waals surface area contributed by atoms with Crippen molar-refractivity contribution in [3.05, 3.63) is 0 Å². The number of rotatable bonds is 3. The van der Waals surface area contributed by atoms with E-state index in [4.69, 9.17) is 5.26 Å². The zero-order valence-corrected chi connectivity index (χ0v) is 9.16. The summed E-state index contributed by atoms with van der Waals surface area (Å²) < 4.78 is 0. The second-order valence-corrected chi connectivity index (χ2v) is 4.34. The van der Waals surface area contributed by atoms with Crippen molar-refractivity contribution in [2.75, 3.05) is 0 Å². The van der Waals surface area contributed by atoms with E-state index in [-0.39, 0.29) is 6.42 Å². The molecule has 5 heteroatoms. The summed E-state index contributed by atoms with van der Waals surface area (Å²) >= 11 is 0. The van der Waals surface area contributed by atoms with E-state index in [2.05, 4.69) is 0 Å². The number of carbonyl (C=O) groups excluding carboxylic acids is 1. The lowest BCUT2D eigenvalue weighted by Gasteiger charge is -2.26. The second-order valence-electron chi connectivity index (χ2n) is 4.34. The Hall–Kier alpha value is -1.57. The third-order valence-corrected chi connectivity index (χ3v) is 3.21. The van der Waals surface area contributed by atoms with Gasteiger partial charge in [0.1, 0.15) is 0 Å². The standard InChI is InChI=1S/C11H16N2O3/c12-8-13-9(14)7-11(10(15)16)5-3-1-2-4-6-11/h1-7H2,(H,13,14)(H,15,16). The molecule has 0 atom stereocenters. The maximum absolute atomic E-state index is 11.3. The van der Waals surface area contributed by atoms with E-state index in [1.807, 2.05) is 5.32 Å². The molecule has 1 saturated carbocycles. The molecule has 1 aliphatic rings. The lowest BCUT2D eigenvalue weighted by atomic mass is 9.77.